The quantitative estimate of drug-likeness (QED) is 0.929. The molecule has 0 amide bonds. The lowest BCUT2D eigenvalue weighted by Gasteiger charge is -2.22. The highest BCUT2D eigenvalue weighted by atomic mass is 35.5. The second-order valence-corrected chi connectivity index (χ2v) is 7.93. The van der Waals surface area contributed by atoms with Gasteiger partial charge in [-0.3, -0.25) is 0 Å². The van der Waals surface area contributed by atoms with Crippen molar-refractivity contribution in [2.24, 2.45) is 11.1 Å². The summed E-state index contributed by atoms with van der Waals surface area (Å²) >= 11 is 11.8. The van der Waals surface area contributed by atoms with Crippen LogP contribution in [0.25, 0.3) is 0 Å². The van der Waals surface area contributed by atoms with E-state index < -0.39 is 10.0 Å². The lowest BCUT2D eigenvalue weighted by molar-refractivity contribution is 0.349. The summed E-state index contributed by atoms with van der Waals surface area (Å²) in [5.41, 5.74) is 5.54. The minimum Gasteiger partial charge on any atom is -0.330 e. The molecule has 4 nitrogen and oxygen atoms in total. The molecular formula is C12H16Cl2N2O2S. The zero-order valence-electron chi connectivity index (χ0n) is 10.6. The Bertz CT molecular complexity index is 591. The summed E-state index contributed by atoms with van der Waals surface area (Å²) in [7, 11) is -3.58. The van der Waals surface area contributed by atoms with E-state index in [0.717, 1.165) is 6.42 Å². The summed E-state index contributed by atoms with van der Waals surface area (Å²) in [6.07, 6.45) is 0.758. The number of halogens is 2. The molecule has 19 heavy (non-hydrogen) atoms. The zero-order chi connectivity index (χ0) is 14.3. The van der Waals surface area contributed by atoms with Crippen LogP contribution in [0.1, 0.15) is 13.3 Å². The molecule has 1 fully saturated rings. The zero-order valence-corrected chi connectivity index (χ0v) is 12.9. The Morgan fingerprint density at radius 1 is 1.42 bits per heavy atom. The molecule has 106 valence electrons. The number of hydrogen-bond donors (Lipinski definition) is 1. The van der Waals surface area contributed by atoms with E-state index in [2.05, 4.69) is 0 Å². The first-order chi connectivity index (χ1) is 8.78. The normalized spacial score (nSPS) is 24.8. The highest BCUT2D eigenvalue weighted by Crippen LogP contribution is 2.34. The van der Waals surface area contributed by atoms with Crippen LogP contribution in [0, 0.1) is 5.41 Å². The molecule has 2 N–H and O–H groups in total. The Morgan fingerprint density at radius 3 is 2.63 bits per heavy atom. The number of hydrogen-bond acceptors (Lipinski definition) is 3. The summed E-state index contributed by atoms with van der Waals surface area (Å²) in [5.74, 6) is 0. The first-order valence-electron chi connectivity index (χ1n) is 5.94. The summed E-state index contributed by atoms with van der Waals surface area (Å²) in [6, 6.07) is 4.41. The summed E-state index contributed by atoms with van der Waals surface area (Å²) < 4.78 is 26.5. The predicted molar refractivity (Wildman–Crippen MR) is 77.0 cm³/mol. The number of rotatable bonds is 3. The van der Waals surface area contributed by atoms with Gasteiger partial charge in [0.05, 0.1) is 5.02 Å². The summed E-state index contributed by atoms with van der Waals surface area (Å²) in [6.45, 7) is 3.35. The molecule has 7 heteroatoms. The van der Waals surface area contributed by atoms with E-state index in [4.69, 9.17) is 28.9 Å². The molecular weight excluding hydrogens is 307 g/mol. The highest BCUT2D eigenvalue weighted by molar-refractivity contribution is 7.89. The molecule has 1 aromatic carbocycles. The Hall–Kier alpha value is -0.330. The summed E-state index contributed by atoms with van der Waals surface area (Å²) in [5, 5.41) is 0.561. The maximum absolute atomic E-state index is 12.5. The van der Waals surface area contributed by atoms with E-state index in [1.807, 2.05) is 6.92 Å². The fourth-order valence-corrected chi connectivity index (χ4v) is 4.51. The van der Waals surface area contributed by atoms with Crippen molar-refractivity contribution in [1.82, 2.24) is 4.31 Å². The van der Waals surface area contributed by atoms with E-state index in [0.29, 0.717) is 24.7 Å². The highest BCUT2D eigenvalue weighted by Gasteiger charge is 2.39. The third-order valence-corrected chi connectivity index (χ3v) is 6.09. The number of benzene rings is 1. The molecule has 1 atom stereocenters. The van der Waals surface area contributed by atoms with Gasteiger partial charge in [0.15, 0.2) is 0 Å². The fourth-order valence-electron chi connectivity index (χ4n) is 2.17. The van der Waals surface area contributed by atoms with E-state index >= 15 is 0 Å². The van der Waals surface area contributed by atoms with E-state index in [1.165, 1.54) is 22.5 Å². The molecule has 1 aromatic rings. The topological polar surface area (TPSA) is 63.4 Å². The van der Waals surface area contributed by atoms with Crippen molar-refractivity contribution in [1.29, 1.82) is 0 Å². The van der Waals surface area contributed by atoms with Crippen LogP contribution < -0.4 is 5.73 Å². The van der Waals surface area contributed by atoms with Crippen molar-refractivity contribution < 1.29 is 8.42 Å². The largest absolute Gasteiger partial charge is 0.330 e. The molecule has 1 aliphatic heterocycles. The van der Waals surface area contributed by atoms with Crippen LogP contribution in [-0.2, 0) is 10.0 Å². The molecule has 0 aromatic heterocycles. The van der Waals surface area contributed by atoms with Gasteiger partial charge in [-0.2, -0.15) is 4.31 Å². The first-order valence-corrected chi connectivity index (χ1v) is 8.13. The second kappa shape index (κ2) is 5.22. The van der Waals surface area contributed by atoms with Crippen molar-refractivity contribution in [3.05, 3.63) is 28.2 Å². The van der Waals surface area contributed by atoms with Crippen molar-refractivity contribution in [3.63, 3.8) is 0 Å². The van der Waals surface area contributed by atoms with Gasteiger partial charge in [-0.05, 0) is 36.6 Å². The Kier molecular flexibility index (Phi) is 4.14. The van der Waals surface area contributed by atoms with Gasteiger partial charge in [-0.15, -0.1) is 0 Å². The molecule has 1 heterocycles. The molecule has 1 saturated heterocycles. The smallest absolute Gasteiger partial charge is 0.244 e. The van der Waals surface area contributed by atoms with Crippen LogP contribution in [0.2, 0.25) is 10.0 Å². The van der Waals surface area contributed by atoms with Gasteiger partial charge in [-0.1, -0.05) is 30.1 Å². The average molecular weight is 323 g/mol. The number of nitrogens with two attached hydrogens (primary N) is 1. The Labute approximate surface area is 123 Å². The van der Waals surface area contributed by atoms with Crippen LogP contribution >= 0.6 is 23.2 Å². The minimum absolute atomic E-state index is 0.0971. The van der Waals surface area contributed by atoms with Gasteiger partial charge in [0.2, 0.25) is 10.0 Å². The molecule has 0 spiro atoms. The van der Waals surface area contributed by atoms with Gasteiger partial charge >= 0.3 is 0 Å². The van der Waals surface area contributed by atoms with E-state index in [1.54, 1.807) is 0 Å². The minimum atomic E-state index is -3.58. The molecule has 2 rings (SSSR count). The van der Waals surface area contributed by atoms with Crippen molar-refractivity contribution in [3.8, 4) is 0 Å². The van der Waals surface area contributed by atoms with Crippen molar-refractivity contribution in [2.75, 3.05) is 19.6 Å². The van der Waals surface area contributed by atoms with Gasteiger partial charge in [-0.25, -0.2) is 8.42 Å². The third-order valence-electron chi connectivity index (χ3n) is 3.53. The second-order valence-electron chi connectivity index (χ2n) is 5.18. The van der Waals surface area contributed by atoms with Gasteiger partial charge in [0.1, 0.15) is 4.90 Å². The monoisotopic (exact) mass is 322 g/mol. The standard InChI is InChI=1S/C12H16Cl2N2O2S/c1-12(7-15)4-5-16(8-12)19(17,18)11-3-2-9(13)6-10(11)14/h2-3,6H,4-5,7-8,15H2,1H3. The number of nitrogens with zero attached hydrogens (tertiary/aromatic N) is 1. The first kappa shape index (κ1) is 15.1. The van der Waals surface area contributed by atoms with E-state index in [-0.39, 0.29) is 15.3 Å². The van der Waals surface area contributed by atoms with Gasteiger partial charge in [0, 0.05) is 18.1 Å². The van der Waals surface area contributed by atoms with Crippen LogP contribution in [-0.4, -0.2) is 32.4 Å². The summed E-state index contributed by atoms with van der Waals surface area (Å²) in [4.78, 5) is 0.0971. The lowest BCUT2D eigenvalue weighted by Crippen LogP contribution is -2.34. The van der Waals surface area contributed by atoms with Crippen molar-refractivity contribution >= 4 is 33.2 Å². The van der Waals surface area contributed by atoms with Crippen molar-refractivity contribution in [2.45, 2.75) is 18.2 Å². The predicted octanol–water partition coefficient (Wildman–Crippen LogP) is 2.35. The SMILES string of the molecule is CC1(CN)CCN(S(=O)(=O)c2ccc(Cl)cc2Cl)C1. The molecule has 1 aliphatic rings. The van der Waals surface area contributed by atoms with Gasteiger partial charge < -0.3 is 5.73 Å². The molecule has 0 bridgehead atoms. The van der Waals surface area contributed by atoms with Crippen LogP contribution in [0.5, 0.6) is 0 Å². The van der Waals surface area contributed by atoms with Gasteiger partial charge in [0.25, 0.3) is 0 Å². The van der Waals surface area contributed by atoms with Crippen LogP contribution in [0.3, 0.4) is 0 Å². The lowest BCUT2D eigenvalue weighted by atomic mass is 9.90. The number of sulfonamides is 1. The molecule has 1 unspecified atom stereocenters. The van der Waals surface area contributed by atoms with Crippen LogP contribution in [0.4, 0.5) is 0 Å². The molecule has 0 saturated carbocycles. The fraction of sp³-hybridized carbons (Fsp3) is 0.500. The molecule has 0 aliphatic carbocycles. The third kappa shape index (κ3) is 2.90. The van der Waals surface area contributed by atoms with Crippen LogP contribution in [0.15, 0.2) is 23.1 Å². The maximum atomic E-state index is 12.5. The average Bonchev–Trinajstić information content (AvgIpc) is 2.73. The van der Waals surface area contributed by atoms with E-state index in [9.17, 15) is 8.42 Å². The Balaban J connectivity index is 2.34. The maximum Gasteiger partial charge on any atom is 0.244 e. The Morgan fingerprint density at radius 2 is 2.11 bits per heavy atom. The molecule has 0 radical (unpaired) electrons.